The number of halogens is 1. The molecule has 0 bridgehead atoms. The number of amides is 2. The van der Waals surface area contributed by atoms with E-state index in [1.165, 1.54) is 0 Å². The van der Waals surface area contributed by atoms with Crippen LogP contribution in [0, 0.1) is 0 Å². The van der Waals surface area contributed by atoms with Crippen molar-refractivity contribution >= 4 is 23.3 Å². The van der Waals surface area contributed by atoms with Crippen LogP contribution in [0.4, 0.5) is 10.5 Å². The van der Waals surface area contributed by atoms with E-state index in [-0.39, 0.29) is 6.03 Å². The van der Waals surface area contributed by atoms with Crippen LogP contribution in [-0.4, -0.2) is 19.2 Å². The number of nitrogens with one attached hydrogen (secondary N) is 2. The molecule has 0 saturated heterocycles. The van der Waals surface area contributed by atoms with E-state index in [4.69, 9.17) is 21.1 Å². The number of anilines is 1. The third-order valence-electron chi connectivity index (χ3n) is 3.35. The van der Waals surface area contributed by atoms with Crippen LogP contribution in [0.3, 0.4) is 0 Å². The highest BCUT2D eigenvalue weighted by atomic mass is 35.5. The van der Waals surface area contributed by atoms with Crippen LogP contribution in [0.5, 0.6) is 11.5 Å². The smallest absolute Gasteiger partial charge is 0.319 e. The molecular formula is C17H17ClN2O3. The van der Waals surface area contributed by atoms with Crippen LogP contribution in [0.25, 0.3) is 0 Å². The van der Waals surface area contributed by atoms with E-state index >= 15 is 0 Å². The summed E-state index contributed by atoms with van der Waals surface area (Å²) in [6.45, 7) is 1.69. The first kappa shape index (κ1) is 15.5. The van der Waals surface area contributed by atoms with Crippen LogP contribution in [-0.2, 0) is 6.54 Å². The Morgan fingerprint density at radius 1 is 1.09 bits per heavy atom. The Hall–Kier alpha value is -2.40. The van der Waals surface area contributed by atoms with Gasteiger partial charge in [0, 0.05) is 23.7 Å². The van der Waals surface area contributed by atoms with Gasteiger partial charge < -0.3 is 20.1 Å². The summed E-state index contributed by atoms with van der Waals surface area (Å²) in [5.41, 5.74) is 1.59. The van der Waals surface area contributed by atoms with Crippen molar-refractivity contribution in [2.45, 2.75) is 13.0 Å². The summed E-state index contributed by atoms with van der Waals surface area (Å²) < 4.78 is 11.2. The van der Waals surface area contributed by atoms with Crippen molar-refractivity contribution < 1.29 is 14.3 Å². The zero-order valence-corrected chi connectivity index (χ0v) is 13.2. The van der Waals surface area contributed by atoms with Gasteiger partial charge in [-0.2, -0.15) is 0 Å². The van der Waals surface area contributed by atoms with E-state index in [0.29, 0.717) is 30.5 Å². The summed E-state index contributed by atoms with van der Waals surface area (Å²) in [7, 11) is 0. The largest absolute Gasteiger partial charge is 0.490 e. The lowest BCUT2D eigenvalue weighted by Crippen LogP contribution is -2.28. The standard InChI is InChI=1S/C17H17ClN2O3/c18-13-3-1-4-14(10-13)20-17(21)19-11-12-5-6-15-16(9-12)23-8-2-7-22-15/h1,3-6,9-10H,2,7-8,11H2,(H2,19,20,21). The molecule has 0 spiro atoms. The molecule has 2 N–H and O–H groups in total. The molecule has 120 valence electrons. The fourth-order valence-corrected chi connectivity index (χ4v) is 2.43. The number of hydrogen-bond acceptors (Lipinski definition) is 3. The monoisotopic (exact) mass is 332 g/mol. The van der Waals surface area contributed by atoms with E-state index in [9.17, 15) is 4.79 Å². The number of urea groups is 1. The van der Waals surface area contributed by atoms with Crippen LogP contribution in [0.15, 0.2) is 42.5 Å². The number of carbonyl (C=O) groups excluding carboxylic acids is 1. The highest BCUT2D eigenvalue weighted by Crippen LogP contribution is 2.30. The fraction of sp³-hybridized carbons (Fsp3) is 0.235. The molecule has 1 aliphatic heterocycles. The lowest BCUT2D eigenvalue weighted by atomic mass is 10.2. The molecule has 2 aromatic carbocycles. The Bertz CT molecular complexity index is 706. The third kappa shape index (κ3) is 4.29. The maximum Gasteiger partial charge on any atom is 0.319 e. The second-order valence-corrected chi connectivity index (χ2v) is 5.59. The summed E-state index contributed by atoms with van der Waals surface area (Å²) in [5.74, 6) is 1.46. The molecule has 0 aliphatic carbocycles. The summed E-state index contributed by atoms with van der Waals surface area (Å²) in [5, 5.41) is 6.11. The predicted molar refractivity (Wildman–Crippen MR) is 89.4 cm³/mol. The molecule has 2 aromatic rings. The van der Waals surface area contributed by atoms with Gasteiger partial charge in [0.25, 0.3) is 0 Å². The maximum atomic E-state index is 11.9. The first-order valence-electron chi connectivity index (χ1n) is 7.40. The van der Waals surface area contributed by atoms with Gasteiger partial charge in [0.2, 0.25) is 0 Å². The average molecular weight is 333 g/mol. The highest BCUT2D eigenvalue weighted by Gasteiger charge is 2.11. The van der Waals surface area contributed by atoms with Crippen molar-refractivity contribution in [3.8, 4) is 11.5 Å². The lowest BCUT2D eigenvalue weighted by molar-refractivity contribution is 0.251. The molecule has 3 rings (SSSR count). The average Bonchev–Trinajstić information content (AvgIpc) is 2.77. The van der Waals surface area contributed by atoms with E-state index in [1.807, 2.05) is 18.2 Å². The van der Waals surface area contributed by atoms with Crippen molar-refractivity contribution in [3.05, 3.63) is 53.1 Å². The Morgan fingerprint density at radius 2 is 1.91 bits per heavy atom. The lowest BCUT2D eigenvalue weighted by Gasteiger charge is -2.11. The summed E-state index contributed by atoms with van der Waals surface area (Å²) in [4.78, 5) is 11.9. The molecule has 0 aromatic heterocycles. The van der Waals surface area contributed by atoms with E-state index in [1.54, 1.807) is 24.3 Å². The zero-order valence-electron chi connectivity index (χ0n) is 12.5. The van der Waals surface area contributed by atoms with Gasteiger partial charge >= 0.3 is 6.03 Å². The molecule has 0 atom stereocenters. The van der Waals surface area contributed by atoms with Crippen LogP contribution >= 0.6 is 11.6 Å². The molecule has 2 amide bonds. The molecule has 6 heteroatoms. The van der Waals surface area contributed by atoms with Crippen LogP contribution in [0.1, 0.15) is 12.0 Å². The second-order valence-electron chi connectivity index (χ2n) is 5.15. The predicted octanol–water partition coefficient (Wildman–Crippen LogP) is 3.82. The molecule has 0 unspecified atom stereocenters. The Morgan fingerprint density at radius 3 is 2.74 bits per heavy atom. The Labute approximate surface area is 139 Å². The minimum Gasteiger partial charge on any atom is -0.490 e. The Balaban J connectivity index is 1.57. The van der Waals surface area contributed by atoms with Crippen LogP contribution in [0.2, 0.25) is 5.02 Å². The summed E-state index contributed by atoms with van der Waals surface area (Å²) in [6, 6.07) is 12.4. The number of rotatable bonds is 3. The van der Waals surface area contributed by atoms with Gasteiger partial charge in [-0.3, -0.25) is 0 Å². The highest BCUT2D eigenvalue weighted by molar-refractivity contribution is 6.30. The fourth-order valence-electron chi connectivity index (χ4n) is 2.24. The van der Waals surface area contributed by atoms with Gasteiger partial charge in [0.15, 0.2) is 11.5 Å². The number of fused-ring (bicyclic) bond motifs is 1. The third-order valence-corrected chi connectivity index (χ3v) is 3.58. The molecule has 0 saturated carbocycles. The first-order valence-corrected chi connectivity index (χ1v) is 7.77. The zero-order chi connectivity index (χ0) is 16.1. The van der Waals surface area contributed by atoms with E-state index in [2.05, 4.69) is 10.6 Å². The maximum absolute atomic E-state index is 11.9. The Kier molecular flexibility index (Phi) is 4.88. The molecule has 23 heavy (non-hydrogen) atoms. The van der Waals surface area contributed by atoms with Crippen LogP contribution < -0.4 is 20.1 Å². The molecule has 5 nitrogen and oxygen atoms in total. The molecule has 0 fully saturated rings. The molecule has 1 heterocycles. The van der Waals surface area contributed by atoms with E-state index in [0.717, 1.165) is 23.5 Å². The van der Waals surface area contributed by atoms with Gasteiger partial charge in [-0.15, -0.1) is 0 Å². The van der Waals surface area contributed by atoms with Crippen molar-refractivity contribution in [2.75, 3.05) is 18.5 Å². The van der Waals surface area contributed by atoms with Crippen molar-refractivity contribution in [2.24, 2.45) is 0 Å². The number of benzene rings is 2. The van der Waals surface area contributed by atoms with Gasteiger partial charge in [0.1, 0.15) is 0 Å². The topological polar surface area (TPSA) is 59.6 Å². The second kappa shape index (κ2) is 7.24. The summed E-state index contributed by atoms with van der Waals surface area (Å²) >= 11 is 5.88. The molecule has 0 radical (unpaired) electrons. The number of ether oxygens (including phenoxy) is 2. The minimum absolute atomic E-state index is 0.292. The normalized spacial score (nSPS) is 13.1. The quantitative estimate of drug-likeness (QED) is 0.898. The van der Waals surface area contributed by atoms with Gasteiger partial charge in [0.05, 0.1) is 13.2 Å². The SMILES string of the molecule is O=C(NCc1ccc2c(c1)OCCCO2)Nc1cccc(Cl)c1. The van der Waals surface area contributed by atoms with Gasteiger partial charge in [-0.1, -0.05) is 23.7 Å². The number of carbonyl (C=O) groups is 1. The van der Waals surface area contributed by atoms with Crippen molar-refractivity contribution in [1.82, 2.24) is 5.32 Å². The van der Waals surface area contributed by atoms with Gasteiger partial charge in [-0.25, -0.2) is 4.79 Å². The first-order chi connectivity index (χ1) is 11.2. The minimum atomic E-state index is -0.292. The number of hydrogen-bond donors (Lipinski definition) is 2. The summed E-state index contributed by atoms with van der Waals surface area (Å²) in [6.07, 6.45) is 0.865. The van der Waals surface area contributed by atoms with Crippen molar-refractivity contribution in [1.29, 1.82) is 0 Å². The molecular weight excluding hydrogens is 316 g/mol. The molecule has 1 aliphatic rings. The van der Waals surface area contributed by atoms with E-state index < -0.39 is 0 Å². The van der Waals surface area contributed by atoms with Crippen molar-refractivity contribution in [3.63, 3.8) is 0 Å². The van der Waals surface area contributed by atoms with Gasteiger partial charge in [-0.05, 0) is 35.9 Å².